The molecule has 2 aromatic rings. The molecule has 2 fully saturated rings. The molecule has 7 nitrogen and oxygen atoms in total. The molecule has 0 aliphatic heterocycles. The van der Waals surface area contributed by atoms with Crippen LogP contribution < -0.4 is 5.32 Å². The molecule has 2 aliphatic rings. The molecule has 2 heterocycles. The molecule has 2 aromatic heterocycles. The lowest BCUT2D eigenvalue weighted by atomic mass is 9.95. The van der Waals surface area contributed by atoms with Crippen LogP contribution in [0, 0.1) is 23.2 Å². The van der Waals surface area contributed by atoms with Gasteiger partial charge in [0.1, 0.15) is 23.1 Å². The highest BCUT2D eigenvalue weighted by molar-refractivity contribution is 7.90. The summed E-state index contributed by atoms with van der Waals surface area (Å²) in [6.45, 7) is 0. The number of aromatic nitrogens is 3. The Kier molecular flexibility index (Phi) is 4.57. The van der Waals surface area contributed by atoms with Crippen molar-refractivity contribution in [2.75, 3.05) is 11.6 Å². The summed E-state index contributed by atoms with van der Waals surface area (Å²) in [6, 6.07) is 4.68. The number of nitrogens with zero attached hydrogens (tertiary/aromatic N) is 4. The summed E-state index contributed by atoms with van der Waals surface area (Å²) in [4.78, 5) is 4.09. The topological polar surface area (TPSA) is 101 Å². The van der Waals surface area contributed by atoms with Gasteiger partial charge in [0, 0.05) is 18.5 Å². The zero-order valence-corrected chi connectivity index (χ0v) is 16.0. The summed E-state index contributed by atoms with van der Waals surface area (Å²) in [7, 11) is -3.44. The van der Waals surface area contributed by atoms with Crippen molar-refractivity contribution in [2.45, 2.75) is 43.0 Å². The minimum Gasteiger partial charge on any atom is -0.366 e. The standard InChI is InChI=1S/C18H19F2N5O2S/c1-28(26,27)12-4-5-15(22-9-12)25-18(13(8-21)16(24-25)17(19)20)23-14-7-10-2-3-11(14)6-10/h4-5,9-11,14,17,23H,2-3,6-7H2,1H3. The summed E-state index contributed by atoms with van der Waals surface area (Å²) in [6.07, 6.45) is 3.61. The van der Waals surface area contributed by atoms with Gasteiger partial charge in [0.15, 0.2) is 15.7 Å². The average Bonchev–Trinajstić information content (AvgIpc) is 3.35. The number of anilines is 1. The number of hydrogen-bond acceptors (Lipinski definition) is 6. The van der Waals surface area contributed by atoms with Gasteiger partial charge >= 0.3 is 0 Å². The van der Waals surface area contributed by atoms with Crippen LogP contribution in [0.1, 0.15) is 43.4 Å². The molecule has 3 unspecified atom stereocenters. The Labute approximate surface area is 161 Å². The maximum absolute atomic E-state index is 13.5. The molecule has 4 rings (SSSR count). The SMILES string of the molecule is CS(=O)(=O)c1ccc(-n2nc(C(F)F)c(C#N)c2NC2CC3CCC2C3)nc1. The summed E-state index contributed by atoms with van der Waals surface area (Å²) < 4.78 is 51.3. The van der Waals surface area contributed by atoms with Crippen LogP contribution in [-0.2, 0) is 9.84 Å². The van der Waals surface area contributed by atoms with Gasteiger partial charge in [-0.3, -0.25) is 0 Å². The second-order valence-corrected chi connectivity index (χ2v) is 9.50. The number of pyridine rings is 1. The van der Waals surface area contributed by atoms with Crippen LogP contribution >= 0.6 is 0 Å². The minimum atomic E-state index is -3.44. The first kappa shape index (κ1) is 18.8. The molecule has 148 valence electrons. The van der Waals surface area contributed by atoms with Crippen molar-refractivity contribution in [3.63, 3.8) is 0 Å². The Hall–Kier alpha value is -2.54. The highest BCUT2D eigenvalue weighted by Gasteiger charge is 2.40. The van der Waals surface area contributed by atoms with Crippen molar-refractivity contribution in [2.24, 2.45) is 11.8 Å². The fourth-order valence-electron chi connectivity index (χ4n) is 4.31. The molecule has 0 spiro atoms. The Balaban J connectivity index is 1.76. The number of hydrogen-bond donors (Lipinski definition) is 1. The van der Waals surface area contributed by atoms with Crippen LogP contribution in [0.25, 0.3) is 5.82 Å². The zero-order chi connectivity index (χ0) is 20.1. The summed E-state index contributed by atoms with van der Waals surface area (Å²) in [5, 5.41) is 16.7. The maximum Gasteiger partial charge on any atom is 0.283 e. The van der Waals surface area contributed by atoms with Gasteiger partial charge in [-0.05, 0) is 43.2 Å². The van der Waals surface area contributed by atoms with Gasteiger partial charge in [-0.2, -0.15) is 15.0 Å². The van der Waals surface area contributed by atoms with Crippen LogP contribution in [0.15, 0.2) is 23.2 Å². The Morgan fingerprint density at radius 3 is 2.61 bits per heavy atom. The van der Waals surface area contributed by atoms with Crippen molar-refractivity contribution >= 4 is 15.7 Å². The third-order valence-corrected chi connectivity index (χ3v) is 6.75. The van der Waals surface area contributed by atoms with E-state index < -0.39 is 22.0 Å². The molecule has 1 N–H and O–H groups in total. The van der Waals surface area contributed by atoms with Crippen molar-refractivity contribution in [3.05, 3.63) is 29.6 Å². The fourth-order valence-corrected chi connectivity index (χ4v) is 4.87. The number of sulfone groups is 1. The second-order valence-electron chi connectivity index (χ2n) is 7.48. The quantitative estimate of drug-likeness (QED) is 0.817. The lowest BCUT2D eigenvalue weighted by molar-refractivity contribution is 0.145. The van der Waals surface area contributed by atoms with Crippen molar-refractivity contribution in [1.29, 1.82) is 5.26 Å². The highest BCUT2D eigenvalue weighted by Crippen LogP contribution is 2.46. The Morgan fingerprint density at radius 1 is 1.32 bits per heavy atom. The van der Waals surface area contributed by atoms with Crippen LogP contribution in [0.2, 0.25) is 0 Å². The van der Waals surface area contributed by atoms with Gasteiger partial charge in [0.05, 0.1) is 4.90 Å². The third-order valence-electron chi connectivity index (χ3n) is 5.66. The van der Waals surface area contributed by atoms with E-state index in [1.54, 1.807) is 0 Å². The number of halogens is 2. The van der Waals surface area contributed by atoms with Gasteiger partial charge in [-0.25, -0.2) is 22.2 Å². The number of rotatable bonds is 5. The summed E-state index contributed by atoms with van der Waals surface area (Å²) in [5.74, 6) is 1.44. The van der Waals surface area contributed by atoms with E-state index in [4.69, 9.17) is 0 Å². The molecule has 3 atom stereocenters. The molecule has 2 bridgehead atoms. The Bertz CT molecular complexity index is 1040. The van der Waals surface area contributed by atoms with Gasteiger partial charge in [0.2, 0.25) is 0 Å². The highest BCUT2D eigenvalue weighted by atomic mass is 32.2. The number of alkyl halides is 2. The number of nitriles is 1. The third kappa shape index (κ3) is 3.24. The normalized spacial score (nSPS) is 23.9. The van der Waals surface area contributed by atoms with E-state index in [0.717, 1.165) is 31.7 Å². The molecule has 2 saturated carbocycles. The lowest BCUT2D eigenvalue weighted by Crippen LogP contribution is -2.27. The monoisotopic (exact) mass is 407 g/mol. The fraction of sp³-hybridized carbons (Fsp3) is 0.500. The van der Waals surface area contributed by atoms with Crippen LogP contribution in [-0.4, -0.2) is 35.5 Å². The first-order valence-corrected chi connectivity index (χ1v) is 10.9. The van der Waals surface area contributed by atoms with Gasteiger partial charge in [0.25, 0.3) is 6.43 Å². The lowest BCUT2D eigenvalue weighted by Gasteiger charge is -2.24. The maximum atomic E-state index is 13.5. The summed E-state index contributed by atoms with van der Waals surface area (Å²) >= 11 is 0. The smallest absolute Gasteiger partial charge is 0.283 e. The molecular formula is C18H19F2N5O2S. The van der Waals surface area contributed by atoms with Crippen molar-refractivity contribution < 1.29 is 17.2 Å². The van der Waals surface area contributed by atoms with E-state index in [9.17, 15) is 22.5 Å². The van der Waals surface area contributed by atoms with E-state index in [-0.39, 0.29) is 28.1 Å². The van der Waals surface area contributed by atoms with E-state index in [1.165, 1.54) is 23.2 Å². The molecule has 0 amide bonds. The molecule has 28 heavy (non-hydrogen) atoms. The summed E-state index contributed by atoms with van der Waals surface area (Å²) in [5.41, 5.74) is -0.811. The van der Waals surface area contributed by atoms with E-state index in [0.29, 0.717) is 11.8 Å². The van der Waals surface area contributed by atoms with E-state index >= 15 is 0 Å². The van der Waals surface area contributed by atoms with Crippen LogP contribution in [0.5, 0.6) is 0 Å². The number of fused-ring (bicyclic) bond motifs is 2. The van der Waals surface area contributed by atoms with Crippen molar-refractivity contribution in [1.82, 2.24) is 14.8 Å². The van der Waals surface area contributed by atoms with Crippen molar-refractivity contribution in [3.8, 4) is 11.9 Å². The molecule has 0 radical (unpaired) electrons. The average molecular weight is 407 g/mol. The van der Waals surface area contributed by atoms with Gasteiger partial charge in [-0.15, -0.1) is 0 Å². The largest absolute Gasteiger partial charge is 0.366 e. The van der Waals surface area contributed by atoms with Gasteiger partial charge in [-0.1, -0.05) is 6.42 Å². The van der Waals surface area contributed by atoms with Crippen LogP contribution in [0.3, 0.4) is 0 Å². The Morgan fingerprint density at radius 2 is 2.11 bits per heavy atom. The first-order valence-electron chi connectivity index (χ1n) is 9.02. The second kappa shape index (κ2) is 6.81. The predicted octanol–water partition coefficient (Wildman–Crippen LogP) is 3.08. The van der Waals surface area contributed by atoms with E-state index in [1.807, 2.05) is 6.07 Å². The number of nitrogens with one attached hydrogen (secondary N) is 1. The van der Waals surface area contributed by atoms with E-state index in [2.05, 4.69) is 15.4 Å². The predicted molar refractivity (Wildman–Crippen MR) is 97.0 cm³/mol. The minimum absolute atomic E-state index is 0.0145. The molecule has 2 aliphatic carbocycles. The van der Waals surface area contributed by atoms with Crippen LogP contribution in [0.4, 0.5) is 14.6 Å². The molecule has 0 aromatic carbocycles. The molecule has 0 saturated heterocycles. The molecule has 10 heteroatoms. The zero-order valence-electron chi connectivity index (χ0n) is 15.1. The van der Waals surface area contributed by atoms with Gasteiger partial charge < -0.3 is 5.32 Å². The first-order chi connectivity index (χ1) is 13.3. The molecular weight excluding hydrogens is 388 g/mol.